The third-order valence-electron chi connectivity index (χ3n) is 4.66. The minimum Gasteiger partial charge on any atom is -0.872 e. The number of allylic oxidation sites excluding steroid dienone is 1. The zero-order chi connectivity index (χ0) is 18.0. The van der Waals surface area contributed by atoms with Gasteiger partial charge in [-0.3, -0.25) is 4.79 Å². The number of carbonyl (C=O) groups excluding carboxylic acids is 1. The average molecular weight is 337 g/mol. The highest BCUT2D eigenvalue weighted by molar-refractivity contribution is 6.14. The third-order valence-corrected chi connectivity index (χ3v) is 4.66. The fourth-order valence-corrected chi connectivity index (χ4v) is 3.12. The van der Waals surface area contributed by atoms with Gasteiger partial charge in [-0.15, -0.1) is 0 Å². The lowest BCUT2D eigenvalue weighted by molar-refractivity contribution is -0.910. The van der Waals surface area contributed by atoms with E-state index in [1.807, 2.05) is 31.2 Å². The van der Waals surface area contributed by atoms with Crippen molar-refractivity contribution in [1.82, 2.24) is 0 Å². The molecule has 4 heteroatoms. The van der Waals surface area contributed by atoms with Crippen molar-refractivity contribution in [3.05, 3.63) is 64.4 Å². The summed E-state index contributed by atoms with van der Waals surface area (Å²) in [6.45, 7) is 8.57. The van der Waals surface area contributed by atoms with Gasteiger partial charge in [-0.1, -0.05) is 41.6 Å². The van der Waals surface area contributed by atoms with Crippen molar-refractivity contribution in [3.8, 4) is 11.5 Å². The van der Waals surface area contributed by atoms with Gasteiger partial charge in [0.2, 0.25) is 5.78 Å². The normalized spacial score (nSPS) is 14.9. The molecule has 2 aromatic rings. The molecule has 4 nitrogen and oxygen atoms in total. The number of aryl methyl sites for hydroxylation is 1. The standard InChI is InChI=1S/C21H23NO3/c1-4-22(5-2)13-17-18(23)10-9-16-20(24)19(25-21(16)17)12-15-8-6-7-14(3)11-15/h6-12,23H,4-5,13H2,1-3H3/b19-12-. The van der Waals surface area contributed by atoms with Crippen molar-refractivity contribution in [2.75, 3.05) is 13.1 Å². The third kappa shape index (κ3) is 3.44. The molecule has 0 aliphatic carbocycles. The summed E-state index contributed by atoms with van der Waals surface area (Å²) in [5.41, 5.74) is 3.11. The highest BCUT2D eigenvalue weighted by Crippen LogP contribution is 2.38. The van der Waals surface area contributed by atoms with E-state index in [4.69, 9.17) is 4.74 Å². The molecule has 3 rings (SSSR count). The van der Waals surface area contributed by atoms with E-state index < -0.39 is 0 Å². The minimum absolute atomic E-state index is 0.0669. The number of hydrogen-bond donors (Lipinski definition) is 1. The summed E-state index contributed by atoms with van der Waals surface area (Å²) in [4.78, 5) is 13.9. The summed E-state index contributed by atoms with van der Waals surface area (Å²) in [5, 5.41) is 12.3. The lowest BCUT2D eigenvalue weighted by Gasteiger charge is -2.21. The van der Waals surface area contributed by atoms with Crippen LogP contribution in [0.25, 0.3) is 6.08 Å². The number of nitrogens with one attached hydrogen (secondary N) is 1. The Morgan fingerprint density at radius 1 is 1.16 bits per heavy atom. The van der Waals surface area contributed by atoms with Gasteiger partial charge >= 0.3 is 0 Å². The van der Waals surface area contributed by atoms with Crippen molar-refractivity contribution >= 4 is 11.9 Å². The Bertz CT molecular complexity index is 835. The van der Waals surface area contributed by atoms with E-state index in [-0.39, 0.29) is 17.3 Å². The molecule has 1 N–H and O–H groups in total. The van der Waals surface area contributed by atoms with Gasteiger partial charge < -0.3 is 14.7 Å². The van der Waals surface area contributed by atoms with E-state index in [1.54, 1.807) is 12.1 Å². The molecule has 0 saturated carbocycles. The Balaban J connectivity index is 1.98. The lowest BCUT2D eigenvalue weighted by atomic mass is 10.0. The van der Waals surface area contributed by atoms with E-state index >= 15 is 0 Å². The first kappa shape index (κ1) is 17.2. The van der Waals surface area contributed by atoms with Crippen LogP contribution in [-0.2, 0) is 6.54 Å². The van der Waals surface area contributed by atoms with E-state index in [2.05, 4.69) is 13.8 Å². The number of ketones is 1. The summed E-state index contributed by atoms with van der Waals surface area (Å²) in [7, 11) is 0. The molecular weight excluding hydrogens is 314 g/mol. The Labute approximate surface area is 148 Å². The molecule has 2 aromatic carbocycles. The second-order valence-electron chi connectivity index (χ2n) is 6.41. The molecule has 1 heterocycles. The molecule has 0 aromatic heterocycles. The fraction of sp³-hybridized carbons (Fsp3) is 0.286. The van der Waals surface area contributed by atoms with Gasteiger partial charge in [0.05, 0.1) is 18.7 Å². The second kappa shape index (κ2) is 7.11. The van der Waals surface area contributed by atoms with Gasteiger partial charge in [-0.25, -0.2) is 0 Å². The minimum atomic E-state index is -0.160. The quantitative estimate of drug-likeness (QED) is 0.850. The first-order valence-corrected chi connectivity index (χ1v) is 8.70. The van der Waals surface area contributed by atoms with Crippen LogP contribution in [0.4, 0.5) is 0 Å². The van der Waals surface area contributed by atoms with Gasteiger partial charge in [0, 0.05) is 5.56 Å². The number of ether oxygens (including phenoxy) is 1. The first-order valence-electron chi connectivity index (χ1n) is 8.70. The Hall–Kier alpha value is -2.59. The molecule has 0 unspecified atom stereocenters. The number of Topliss-reactive ketones (excluding diaryl/α,β-unsaturated/α-hetero) is 1. The highest BCUT2D eigenvalue weighted by atomic mass is 16.5. The molecule has 0 atom stereocenters. The number of hydrogen-bond acceptors (Lipinski definition) is 3. The molecule has 0 amide bonds. The van der Waals surface area contributed by atoms with Crippen LogP contribution in [0.1, 0.15) is 40.9 Å². The molecular formula is C21H23NO3. The maximum Gasteiger partial charge on any atom is 0.231 e. The van der Waals surface area contributed by atoms with E-state index in [9.17, 15) is 9.90 Å². The molecule has 1 aliphatic heterocycles. The monoisotopic (exact) mass is 337 g/mol. The van der Waals surface area contributed by atoms with Crippen LogP contribution in [0.5, 0.6) is 11.5 Å². The van der Waals surface area contributed by atoms with Crippen molar-refractivity contribution in [1.29, 1.82) is 0 Å². The van der Waals surface area contributed by atoms with E-state index in [0.29, 0.717) is 23.4 Å². The van der Waals surface area contributed by atoms with Crippen molar-refractivity contribution in [2.45, 2.75) is 27.3 Å². The van der Waals surface area contributed by atoms with Crippen LogP contribution in [-0.4, -0.2) is 18.9 Å². The second-order valence-corrected chi connectivity index (χ2v) is 6.41. The van der Waals surface area contributed by atoms with Crippen LogP contribution in [0.3, 0.4) is 0 Å². The molecule has 0 radical (unpaired) electrons. The van der Waals surface area contributed by atoms with Crippen molar-refractivity contribution in [3.63, 3.8) is 0 Å². The van der Waals surface area contributed by atoms with Crippen LogP contribution in [0.2, 0.25) is 0 Å². The maximum absolute atomic E-state index is 12.7. The SMILES string of the molecule is CC[NH+](CC)Cc1c([O-])ccc2c1O/C(=C\c1cccc(C)c1)C2=O. The molecule has 130 valence electrons. The van der Waals surface area contributed by atoms with Gasteiger partial charge in [0.1, 0.15) is 12.3 Å². The number of quaternary nitrogens is 1. The van der Waals surface area contributed by atoms with Crippen LogP contribution in [0.15, 0.2) is 42.2 Å². The fourth-order valence-electron chi connectivity index (χ4n) is 3.12. The number of rotatable bonds is 5. The molecule has 1 aliphatic rings. The average Bonchev–Trinajstić information content (AvgIpc) is 2.90. The molecule has 25 heavy (non-hydrogen) atoms. The molecule has 0 fully saturated rings. The Morgan fingerprint density at radius 3 is 2.60 bits per heavy atom. The van der Waals surface area contributed by atoms with Crippen molar-refractivity contribution in [2.24, 2.45) is 0 Å². The van der Waals surface area contributed by atoms with Gasteiger partial charge in [0.15, 0.2) is 5.76 Å². The van der Waals surface area contributed by atoms with E-state index in [0.717, 1.165) is 24.2 Å². The summed E-state index contributed by atoms with van der Waals surface area (Å²) in [6.07, 6.45) is 1.74. The van der Waals surface area contributed by atoms with Crippen molar-refractivity contribution < 1.29 is 19.5 Å². The number of fused-ring (bicyclic) bond motifs is 1. The van der Waals surface area contributed by atoms with Gasteiger partial charge in [-0.2, -0.15) is 0 Å². The summed E-state index contributed by atoms with van der Waals surface area (Å²) in [5.74, 6) is 0.493. The molecule has 0 spiro atoms. The topological polar surface area (TPSA) is 53.8 Å². The summed E-state index contributed by atoms with van der Waals surface area (Å²) < 4.78 is 5.86. The van der Waals surface area contributed by atoms with Crippen LogP contribution >= 0.6 is 0 Å². The van der Waals surface area contributed by atoms with Crippen LogP contribution in [0, 0.1) is 6.92 Å². The molecule has 0 saturated heterocycles. The predicted octanol–water partition coefficient (Wildman–Crippen LogP) is 2.11. The number of carbonyl (C=O) groups is 1. The summed E-state index contributed by atoms with van der Waals surface area (Å²) >= 11 is 0. The van der Waals surface area contributed by atoms with E-state index in [1.165, 1.54) is 11.0 Å². The Morgan fingerprint density at radius 2 is 1.92 bits per heavy atom. The van der Waals surface area contributed by atoms with Gasteiger partial charge in [0.25, 0.3) is 0 Å². The highest BCUT2D eigenvalue weighted by Gasteiger charge is 2.30. The first-order chi connectivity index (χ1) is 12.0. The predicted molar refractivity (Wildman–Crippen MR) is 95.8 cm³/mol. The summed E-state index contributed by atoms with van der Waals surface area (Å²) in [6, 6.07) is 10.9. The Kier molecular flexibility index (Phi) is 4.91. The zero-order valence-corrected chi connectivity index (χ0v) is 14.9. The largest absolute Gasteiger partial charge is 0.872 e. The number of benzene rings is 2. The maximum atomic E-state index is 12.7. The lowest BCUT2D eigenvalue weighted by Crippen LogP contribution is -3.10. The molecule has 0 bridgehead atoms. The smallest absolute Gasteiger partial charge is 0.231 e. The van der Waals surface area contributed by atoms with Gasteiger partial charge in [-0.05, 0) is 38.5 Å². The van der Waals surface area contributed by atoms with Crippen LogP contribution < -0.4 is 14.7 Å². The zero-order valence-electron chi connectivity index (χ0n) is 14.9.